The van der Waals surface area contributed by atoms with Crippen molar-refractivity contribution in [3.63, 3.8) is 0 Å². The highest BCUT2D eigenvalue weighted by atomic mass is 35.5. The lowest BCUT2D eigenvalue weighted by Gasteiger charge is -2.10. The van der Waals surface area contributed by atoms with Crippen LogP contribution in [0.5, 0.6) is 0 Å². The van der Waals surface area contributed by atoms with Gasteiger partial charge in [-0.05, 0) is 54.2 Å². The zero-order valence-corrected chi connectivity index (χ0v) is 18.3. The van der Waals surface area contributed by atoms with E-state index in [4.69, 9.17) is 16.0 Å². The second kappa shape index (κ2) is 9.23. The molecule has 0 saturated heterocycles. The fourth-order valence-electron chi connectivity index (χ4n) is 2.98. The Labute approximate surface area is 196 Å². The minimum absolute atomic E-state index is 0.323. The van der Waals surface area contributed by atoms with Crippen molar-refractivity contribution in [3.05, 3.63) is 78.3 Å². The number of halogens is 1. The molecule has 5 rings (SSSR count). The Morgan fingerprint density at radius 1 is 1.00 bits per heavy atom. The number of aromatic nitrogens is 5. The van der Waals surface area contributed by atoms with Gasteiger partial charge in [0.05, 0.1) is 21.8 Å². The highest BCUT2D eigenvalue weighted by Crippen LogP contribution is 2.33. The van der Waals surface area contributed by atoms with E-state index < -0.39 is 6.03 Å². The molecule has 0 aliphatic rings. The number of anilines is 2. The Balaban J connectivity index is 1.37. The summed E-state index contributed by atoms with van der Waals surface area (Å²) in [6.45, 7) is 0. The molecule has 2 N–H and O–H groups in total. The van der Waals surface area contributed by atoms with Crippen LogP contribution in [-0.2, 0) is 0 Å². The number of rotatable bonds is 5. The van der Waals surface area contributed by atoms with Gasteiger partial charge >= 0.3 is 6.03 Å². The van der Waals surface area contributed by atoms with Crippen molar-refractivity contribution in [2.24, 2.45) is 0 Å². The summed E-state index contributed by atoms with van der Waals surface area (Å²) in [5, 5.41) is 15.8. The number of carbonyl (C=O) groups excluding carboxylic acids is 1. The van der Waals surface area contributed by atoms with Crippen LogP contribution in [0.1, 0.15) is 0 Å². The number of urea groups is 1. The zero-order chi connectivity index (χ0) is 22.6. The zero-order valence-electron chi connectivity index (χ0n) is 16.8. The number of nitrogens with zero attached hydrogens (tertiary/aromatic N) is 5. The van der Waals surface area contributed by atoms with Gasteiger partial charge in [0.2, 0.25) is 5.89 Å². The van der Waals surface area contributed by atoms with Crippen LogP contribution in [0.4, 0.5) is 16.2 Å². The highest BCUT2D eigenvalue weighted by molar-refractivity contribution is 7.99. The number of fused-ring (bicyclic) bond motifs is 1. The number of para-hydroxylation sites is 1. The molecule has 3 heterocycles. The summed E-state index contributed by atoms with van der Waals surface area (Å²) < 4.78 is 5.74. The average molecular weight is 476 g/mol. The Hall–Kier alpha value is -4.02. The second-order valence-corrected chi connectivity index (χ2v) is 8.03. The van der Waals surface area contributed by atoms with E-state index in [1.54, 1.807) is 60.9 Å². The monoisotopic (exact) mass is 475 g/mol. The topological polar surface area (TPSA) is 119 Å². The van der Waals surface area contributed by atoms with Crippen molar-refractivity contribution in [2.75, 3.05) is 10.6 Å². The molecule has 0 saturated carbocycles. The first kappa shape index (κ1) is 20.9. The number of benzene rings is 2. The summed E-state index contributed by atoms with van der Waals surface area (Å²) in [5.74, 6) is 0.363. The lowest BCUT2D eigenvalue weighted by Crippen LogP contribution is -2.19. The van der Waals surface area contributed by atoms with Crippen LogP contribution < -0.4 is 10.6 Å². The molecule has 5 aromatic rings. The molecule has 0 fully saturated rings. The summed E-state index contributed by atoms with van der Waals surface area (Å²) in [7, 11) is 0. The second-order valence-electron chi connectivity index (χ2n) is 6.69. The van der Waals surface area contributed by atoms with Crippen molar-refractivity contribution in [2.45, 2.75) is 10.2 Å². The Bertz CT molecular complexity index is 1450. The van der Waals surface area contributed by atoms with Gasteiger partial charge < -0.3 is 15.1 Å². The van der Waals surface area contributed by atoms with E-state index in [1.807, 2.05) is 6.07 Å². The molecule has 2 aromatic carbocycles. The molecule has 3 aromatic heterocycles. The Kier molecular flexibility index (Phi) is 5.83. The predicted octanol–water partition coefficient (Wildman–Crippen LogP) is 5.52. The van der Waals surface area contributed by atoms with E-state index in [-0.39, 0.29) is 0 Å². The SMILES string of the molecule is O=C(Nc1ccc2ncnc(Sc3nnc(-c4cccnc4)o3)c2c1)Nc1ccccc1Cl. The lowest BCUT2D eigenvalue weighted by molar-refractivity contribution is 0.262. The van der Waals surface area contributed by atoms with Crippen molar-refractivity contribution < 1.29 is 9.21 Å². The molecule has 2 amide bonds. The third-order valence-electron chi connectivity index (χ3n) is 4.48. The maximum Gasteiger partial charge on any atom is 0.323 e. The Morgan fingerprint density at radius 3 is 2.76 bits per heavy atom. The van der Waals surface area contributed by atoms with E-state index in [2.05, 4.69) is 35.8 Å². The molecular weight excluding hydrogens is 462 g/mol. The van der Waals surface area contributed by atoms with Crippen molar-refractivity contribution in [1.29, 1.82) is 0 Å². The minimum atomic E-state index is -0.425. The first-order valence-corrected chi connectivity index (χ1v) is 10.8. The minimum Gasteiger partial charge on any atom is -0.411 e. The third-order valence-corrected chi connectivity index (χ3v) is 5.67. The standard InChI is InChI=1S/C22H14ClN7O2S/c23-16-5-1-2-6-18(16)28-21(31)27-14-7-8-17-15(10-14)20(26-12-25-17)33-22-30-29-19(32-22)13-4-3-9-24-11-13/h1-12H,(H2,27,28,31). The molecular formula is C22H14ClN7O2S. The highest BCUT2D eigenvalue weighted by Gasteiger charge is 2.14. The number of hydrogen-bond donors (Lipinski definition) is 2. The van der Waals surface area contributed by atoms with Gasteiger partial charge in [-0.2, -0.15) is 0 Å². The summed E-state index contributed by atoms with van der Waals surface area (Å²) in [6.07, 6.45) is 4.77. The molecule has 0 atom stereocenters. The number of pyridine rings is 1. The third kappa shape index (κ3) is 4.76. The molecule has 0 unspecified atom stereocenters. The maximum atomic E-state index is 12.4. The van der Waals surface area contributed by atoms with Crippen LogP contribution in [0.25, 0.3) is 22.4 Å². The normalized spacial score (nSPS) is 10.8. The van der Waals surface area contributed by atoms with Crippen LogP contribution in [0.3, 0.4) is 0 Å². The largest absolute Gasteiger partial charge is 0.411 e. The Morgan fingerprint density at radius 2 is 1.91 bits per heavy atom. The molecule has 33 heavy (non-hydrogen) atoms. The van der Waals surface area contributed by atoms with Crippen molar-refractivity contribution >= 4 is 51.7 Å². The summed E-state index contributed by atoms with van der Waals surface area (Å²) >= 11 is 7.31. The molecule has 0 aliphatic heterocycles. The summed E-state index contributed by atoms with van der Waals surface area (Å²) in [5.41, 5.74) is 2.50. The smallest absolute Gasteiger partial charge is 0.323 e. The van der Waals surface area contributed by atoms with Crippen LogP contribution in [0, 0.1) is 0 Å². The number of hydrogen-bond acceptors (Lipinski definition) is 8. The quantitative estimate of drug-likeness (QED) is 0.319. The van der Waals surface area contributed by atoms with Gasteiger partial charge in [0.25, 0.3) is 5.22 Å². The fourth-order valence-corrected chi connectivity index (χ4v) is 3.90. The van der Waals surface area contributed by atoms with Gasteiger partial charge in [-0.1, -0.05) is 23.7 Å². The van der Waals surface area contributed by atoms with Crippen molar-refractivity contribution in [1.82, 2.24) is 25.1 Å². The molecule has 9 nitrogen and oxygen atoms in total. The van der Waals surface area contributed by atoms with Gasteiger partial charge in [0.15, 0.2) is 0 Å². The van der Waals surface area contributed by atoms with E-state index in [9.17, 15) is 4.79 Å². The molecule has 0 bridgehead atoms. The van der Waals surface area contributed by atoms with Crippen molar-refractivity contribution in [3.8, 4) is 11.5 Å². The first-order valence-electron chi connectivity index (χ1n) is 9.65. The van der Waals surface area contributed by atoms with Gasteiger partial charge in [-0.15, -0.1) is 10.2 Å². The summed E-state index contributed by atoms with van der Waals surface area (Å²) in [4.78, 5) is 25.1. The molecule has 0 radical (unpaired) electrons. The van der Waals surface area contributed by atoms with Gasteiger partial charge in [-0.3, -0.25) is 4.98 Å². The molecule has 162 valence electrons. The molecule has 0 spiro atoms. The van der Waals surface area contributed by atoms with Crippen LogP contribution in [0.15, 0.2) is 88.0 Å². The van der Waals surface area contributed by atoms with Crippen LogP contribution in [-0.4, -0.2) is 31.2 Å². The van der Waals surface area contributed by atoms with Crippen LogP contribution >= 0.6 is 23.4 Å². The lowest BCUT2D eigenvalue weighted by atomic mass is 10.2. The van der Waals surface area contributed by atoms with Gasteiger partial charge in [0, 0.05) is 23.5 Å². The predicted molar refractivity (Wildman–Crippen MR) is 125 cm³/mol. The molecule has 0 aliphatic carbocycles. The fraction of sp³-hybridized carbons (Fsp3) is 0. The number of amides is 2. The van der Waals surface area contributed by atoms with Gasteiger partial charge in [0.1, 0.15) is 11.4 Å². The van der Waals surface area contributed by atoms with E-state index >= 15 is 0 Å². The van der Waals surface area contributed by atoms with Crippen LogP contribution in [0.2, 0.25) is 5.02 Å². The molecule has 11 heteroatoms. The van der Waals surface area contributed by atoms with Gasteiger partial charge in [-0.25, -0.2) is 14.8 Å². The number of nitrogens with one attached hydrogen (secondary N) is 2. The van der Waals surface area contributed by atoms with E-state index in [0.29, 0.717) is 38.1 Å². The summed E-state index contributed by atoms with van der Waals surface area (Å²) in [6, 6.07) is 15.5. The first-order chi connectivity index (χ1) is 16.2. The van der Waals surface area contributed by atoms with E-state index in [1.165, 1.54) is 18.1 Å². The van der Waals surface area contributed by atoms with E-state index in [0.717, 1.165) is 10.9 Å². The number of carbonyl (C=O) groups is 1. The average Bonchev–Trinajstić information content (AvgIpc) is 3.30. The maximum absolute atomic E-state index is 12.4.